The first-order valence-electron chi connectivity index (χ1n) is 10.6. The number of nitrogens with zero attached hydrogens (tertiary/aromatic N) is 3. The molecule has 33 heavy (non-hydrogen) atoms. The van der Waals surface area contributed by atoms with Crippen molar-refractivity contribution in [1.29, 1.82) is 0 Å². The van der Waals surface area contributed by atoms with Crippen LogP contribution >= 0.6 is 18.6 Å². The van der Waals surface area contributed by atoms with Gasteiger partial charge in [-0.25, -0.2) is 0 Å². The molecule has 0 amide bonds. The standard InChI is InChI=1S/C22H28F3N3Si.CH3.2ClH.Ti/c1-15-11-20-18(16-7-9-17(10-8-16)22(23,24)25)5-4-6-19(20)21(15)29(2,3)28-13-26-12-27-14-28;;;;/h4-10,15,19-21H,11-14H2,1-3H3;1H3;2*1H;/q-2;-1;;;+6/p-2. The van der Waals surface area contributed by atoms with Crippen LogP contribution in [0.25, 0.3) is 16.2 Å². The molecule has 0 aromatic heterocycles. The van der Waals surface area contributed by atoms with Gasteiger partial charge in [0.05, 0.1) is 5.56 Å². The molecule has 1 heterocycles. The van der Waals surface area contributed by atoms with Gasteiger partial charge in [-0.1, -0.05) is 50.4 Å². The molecule has 4 atom stereocenters. The Hall–Kier alpha value is -0.119. The van der Waals surface area contributed by atoms with Crippen molar-refractivity contribution in [3.8, 4) is 0 Å². The van der Waals surface area contributed by atoms with E-state index in [1.54, 1.807) is 12.1 Å². The fourth-order valence-electron chi connectivity index (χ4n) is 5.68. The Bertz CT molecular complexity index is 827. The predicted molar refractivity (Wildman–Crippen MR) is 132 cm³/mol. The average Bonchev–Trinajstić information content (AvgIpc) is 3.11. The summed E-state index contributed by atoms with van der Waals surface area (Å²) in [6.45, 7) is 9.35. The third-order valence-corrected chi connectivity index (χ3v) is 11.5. The minimum absolute atomic E-state index is 0. The monoisotopic (exact) mass is 552 g/mol. The summed E-state index contributed by atoms with van der Waals surface area (Å²) < 4.78 is 41.3. The molecule has 3 nitrogen and oxygen atoms in total. The number of hydrogen-bond acceptors (Lipinski definition) is 1. The molecule has 0 radical (unpaired) electrons. The molecule has 0 N–H and O–H groups in total. The van der Waals surface area contributed by atoms with Gasteiger partial charge in [-0.15, -0.1) is 13.3 Å². The third kappa shape index (κ3) is 6.56. The second kappa shape index (κ2) is 12.2. The minimum atomic E-state index is -4.30. The molecule has 1 saturated carbocycles. The molecule has 180 valence electrons. The SMILES string of the molecule is CC1CC2C(c3ccc(C(F)(F)F)cc3)=CC=CC2C1[Si](C)(C)N1C[N-]C[N-]C1.[CH3-].[Cl][Ti+4][Cl]. The predicted octanol–water partition coefficient (Wildman–Crippen LogP) is 8.27. The van der Waals surface area contributed by atoms with E-state index < -0.39 is 37.0 Å². The van der Waals surface area contributed by atoms with Gasteiger partial charge in [0.15, 0.2) is 0 Å². The number of allylic oxidation sites excluding steroid dienone is 4. The Morgan fingerprint density at radius 2 is 1.67 bits per heavy atom. The Balaban J connectivity index is 0.000000914. The summed E-state index contributed by atoms with van der Waals surface area (Å²) >= 11 is -0.556. The zero-order valence-corrected chi connectivity index (χ0v) is 23.5. The second-order valence-corrected chi connectivity index (χ2v) is 16.3. The van der Waals surface area contributed by atoms with Gasteiger partial charge < -0.3 is 22.6 Å². The number of hydrogen-bond donors (Lipinski definition) is 0. The molecule has 0 spiro atoms. The molecule has 2 fully saturated rings. The Morgan fingerprint density at radius 1 is 1.09 bits per heavy atom. The van der Waals surface area contributed by atoms with Crippen molar-refractivity contribution >= 4 is 32.4 Å². The van der Waals surface area contributed by atoms with Crippen molar-refractivity contribution in [3.63, 3.8) is 0 Å². The molecule has 1 saturated heterocycles. The summed E-state index contributed by atoms with van der Waals surface area (Å²) in [5, 5.41) is 8.98. The molecule has 1 aliphatic heterocycles. The van der Waals surface area contributed by atoms with Crippen LogP contribution < -0.4 is 0 Å². The van der Waals surface area contributed by atoms with Crippen molar-refractivity contribution in [3.05, 3.63) is 71.7 Å². The fourth-order valence-corrected chi connectivity index (χ4v) is 9.85. The Morgan fingerprint density at radius 3 is 2.21 bits per heavy atom. The van der Waals surface area contributed by atoms with Gasteiger partial charge in [-0.05, 0) is 53.0 Å². The fraction of sp³-hybridized carbons (Fsp3) is 0.522. The van der Waals surface area contributed by atoms with Crippen LogP contribution in [0.5, 0.6) is 0 Å². The molecular formula is C23H31Cl2F3N3SiTi+. The van der Waals surface area contributed by atoms with Crippen LogP contribution in [0.15, 0.2) is 42.5 Å². The van der Waals surface area contributed by atoms with E-state index in [0.717, 1.165) is 25.3 Å². The maximum absolute atomic E-state index is 12.9. The summed E-state index contributed by atoms with van der Waals surface area (Å²) in [6.07, 6.45) is 3.31. The quantitative estimate of drug-likeness (QED) is 0.274. The van der Waals surface area contributed by atoms with Crippen LogP contribution in [0.4, 0.5) is 13.2 Å². The van der Waals surface area contributed by atoms with E-state index in [1.165, 1.54) is 17.7 Å². The first-order valence-corrected chi connectivity index (χ1v) is 18.0. The summed E-state index contributed by atoms with van der Waals surface area (Å²) in [5.74, 6) is 1.35. The Labute approximate surface area is 213 Å². The second-order valence-electron chi connectivity index (χ2n) is 9.14. The molecule has 4 unspecified atom stereocenters. The molecule has 4 rings (SSSR count). The van der Waals surface area contributed by atoms with Crippen LogP contribution in [0.3, 0.4) is 0 Å². The molecular weight excluding hydrogens is 522 g/mol. The number of halogens is 5. The molecule has 3 aliphatic rings. The zero-order chi connectivity index (χ0) is 23.5. The van der Waals surface area contributed by atoms with Gasteiger partial charge in [0, 0.05) is 0 Å². The third-order valence-electron chi connectivity index (χ3n) is 7.04. The van der Waals surface area contributed by atoms with E-state index in [-0.39, 0.29) is 7.43 Å². The molecule has 1 aromatic carbocycles. The number of benzene rings is 1. The summed E-state index contributed by atoms with van der Waals surface area (Å²) in [7, 11) is 7.99. The van der Waals surface area contributed by atoms with E-state index >= 15 is 0 Å². The molecule has 0 bridgehead atoms. The van der Waals surface area contributed by atoms with Gasteiger partial charge in [0.25, 0.3) is 0 Å². The van der Waals surface area contributed by atoms with E-state index in [9.17, 15) is 13.2 Å². The normalized spacial score (nSPS) is 27.8. The topological polar surface area (TPSA) is 31.4 Å². The first kappa shape index (κ1) is 29.1. The number of alkyl halides is 3. The van der Waals surface area contributed by atoms with E-state index in [2.05, 4.69) is 53.4 Å². The first-order chi connectivity index (χ1) is 15.1. The van der Waals surface area contributed by atoms with Gasteiger partial charge in [0.2, 0.25) is 0 Å². The van der Waals surface area contributed by atoms with Gasteiger partial charge in [-0.2, -0.15) is 13.2 Å². The molecule has 2 aliphatic carbocycles. The van der Waals surface area contributed by atoms with Crippen molar-refractivity contribution in [2.24, 2.45) is 17.8 Å². The van der Waals surface area contributed by atoms with Crippen LogP contribution in [0, 0.1) is 25.2 Å². The van der Waals surface area contributed by atoms with E-state index in [0.29, 0.717) is 30.0 Å². The Kier molecular flexibility index (Phi) is 10.8. The van der Waals surface area contributed by atoms with Gasteiger partial charge >= 0.3 is 41.8 Å². The van der Waals surface area contributed by atoms with Gasteiger partial charge in [-0.3, -0.25) is 6.67 Å². The van der Waals surface area contributed by atoms with Crippen molar-refractivity contribution in [1.82, 2.24) is 4.57 Å². The van der Waals surface area contributed by atoms with E-state index in [4.69, 9.17) is 18.6 Å². The van der Waals surface area contributed by atoms with Crippen molar-refractivity contribution in [2.45, 2.75) is 38.2 Å². The van der Waals surface area contributed by atoms with Gasteiger partial charge in [0.1, 0.15) is 8.24 Å². The number of rotatable bonds is 3. The van der Waals surface area contributed by atoms with Crippen LogP contribution in [0.2, 0.25) is 18.6 Å². The van der Waals surface area contributed by atoms with E-state index in [1.807, 2.05) is 0 Å². The van der Waals surface area contributed by atoms with Crippen LogP contribution in [-0.4, -0.2) is 32.8 Å². The zero-order valence-electron chi connectivity index (χ0n) is 19.4. The van der Waals surface area contributed by atoms with Crippen molar-refractivity contribution in [2.75, 3.05) is 20.0 Å². The van der Waals surface area contributed by atoms with Crippen LogP contribution in [-0.2, 0) is 23.2 Å². The molecule has 10 heteroatoms. The summed E-state index contributed by atoms with van der Waals surface area (Å²) in [6, 6.07) is 5.67. The average molecular weight is 553 g/mol. The van der Waals surface area contributed by atoms with Crippen LogP contribution in [0.1, 0.15) is 24.5 Å². The molecule has 1 aromatic rings. The van der Waals surface area contributed by atoms with Crippen molar-refractivity contribution < 1.29 is 30.2 Å². The maximum atomic E-state index is 12.9. The number of fused-ring (bicyclic) bond motifs is 1. The summed E-state index contributed by atoms with van der Waals surface area (Å²) in [4.78, 5) is 0. The summed E-state index contributed by atoms with van der Waals surface area (Å²) in [5.41, 5.74) is 2.07.